The Balaban J connectivity index is 2.09. The molecule has 1 aliphatic carbocycles. The van der Waals surface area contributed by atoms with Gasteiger partial charge in [-0.2, -0.15) is 0 Å². The lowest BCUT2D eigenvalue weighted by Gasteiger charge is -2.43. The van der Waals surface area contributed by atoms with Crippen LogP contribution < -0.4 is 0 Å². The number of hydrogen-bond acceptors (Lipinski definition) is 10. The van der Waals surface area contributed by atoms with Gasteiger partial charge < -0.3 is 45.2 Å². The zero-order chi connectivity index (χ0) is 16.6. The highest BCUT2D eigenvalue weighted by atomic mass is 16.7. The topological polar surface area (TPSA) is 177 Å². The van der Waals surface area contributed by atoms with E-state index in [9.17, 15) is 35.4 Å². The van der Waals surface area contributed by atoms with Crippen LogP contribution in [-0.2, 0) is 14.3 Å². The summed E-state index contributed by atoms with van der Waals surface area (Å²) in [6.07, 6.45) is -14.6. The van der Waals surface area contributed by atoms with E-state index in [0.29, 0.717) is 0 Å². The smallest absolute Gasteiger partial charge is 0.187 e. The maximum atomic E-state index is 11.3. The van der Waals surface area contributed by atoms with Crippen molar-refractivity contribution in [2.75, 3.05) is 6.61 Å². The van der Waals surface area contributed by atoms with Crippen LogP contribution >= 0.6 is 0 Å². The van der Waals surface area contributed by atoms with Gasteiger partial charge in [0.25, 0.3) is 0 Å². The number of aliphatic hydroxyl groups is 7. The molecule has 1 heterocycles. The van der Waals surface area contributed by atoms with Gasteiger partial charge in [-0.3, -0.25) is 4.79 Å². The minimum atomic E-state index is -1.75. The van der Waals surface area contributed by atoms with E-state index in [4.69, 9.17) is 14.6 Å². The van der Waals surface area contributed by atoms with E-state index < -0.39 is 73.9 Å². The Morgan fingerprint density at radius 3 is 2.23 bits per heavy atom. The molecule has 0 amide bonds. The molecule has 22 heavy (non-hydrogen) atoms. The van der Waals surface area contributed by atoms with Crippen LogP contribution in [-0.4, -0.2) is 103 Å². The molecule has 128 valence electrons. The van der Waals surface area contributed by atoms with E-state index >= 15 is 0 Å². The van der Waals surface area contributed by atoms with E-state index in [1.54, 1.807) is 0 Å². The predicted octanol–water partition coefficient (Wildman–Crippen LogP) is -4.77. The maximum Gasteiger partial charge on any atom is 0.187 e. The minimum Gasteiger partial charge on any atom is -0.394 e. The van der Waals surface area contributed by atoms with Crippen molar-refractivity contribution in [1.82, 2.24) is 0 Å². The molecule has 2 rings (SSSR count). The Hall–Kier alpha value is -0.690. The molecule has 0 aromatic carbocycles. The lowest BCUT2D eigenvalue weighted by atomic mass is 9.88. The molecular weight excluding hydrogens is 304 g/mol. The fraction of sp³-hybridized carbons (Fsp3) is 0.917. The van der Waals surface area contributed by atoms with Crippen LogP contribution in [0, 0.1) is 0 Å². The molecule has 0 spiro atoms. The Labute approximate surface area is 125 Å². The zero-order valence-electron chi connectivity index (χ0n) is 11.5. The standard InChI is InChI=1S/C12H20O10/c13-2-5-7(17)8(18)10(20)12(21-5)22-11-4(15)1-3(14)6(16)9(11)19/h4-13,15-20H,1-2H2/t4-,5-,6-,7+,8+,9+,10-,11+,12?/m1/s1. The number of carbonyl (C=O) groups excluding carboxylic acids is 1. The lowest BCUT2D eigenvalue weighted by molar-refractivity contribution is -0.327. The molecule has 9 atom stereocenters. The number of ketones is 1. The Kier molecular flexibility index (Phi) is 5.48. The van der Waals surface area contributed by atoms with Crippen molar-refractivity contribution in [2.45, 2.75) is 61.5 Å². The summed E-state index contributed by atoms with van der Waals surface area (Å²) in [6, 6.07) is 0. The van der Waals surface area contributed by atoms with Crippen molar-refractivity contribution in [1.29, 1.82) is 0 Å². The van der Waals surface area contributed by atoms with E-state index in [1.165, 1.54) is 0 Å². The van der Waals surface area contributed by atoms with Crippen molar-refractivity contribution in [3.05, 3.63) is 0 Å². The average molecular weight is 324 g/mol. The first kappa shape index (κ1) is 17.7. The van der Waals surface area contributed by atoms with Gasteiger partial charge in [-0.1, -0.05) is 0 Å². The van der Waals surface area contributed by atoms with Gasteiger partial charge in [0.2, 0.25) is 0 Å². The monoisotopic (exact) mass is 324 g/mol. The third kappa shape index (κ3) is 3.15. The average Bonchev–Trinajstić information content (AvgIpc) is 2.49. The van der Waals surface area contributed by atoms with Gasteiger partial charge in [0.05, 0.1) is 12.7 Å². The number of rotatable bonds is 3. The third-order valence-corrected chi connectivity index (χ3v) is 3.92. The summed E-state index contributed by atoms with van der Waals surface area (Å²) in [5.41, 5.74) is 0. The molecule has 0 radical (unpaired) electrons. The van der Waals surface area contributed by atoms with Crippen LogP contribution in [0.2, 0.25) is 0 Å². The van der Waals surface area contributed by atoms with Gasteiger partial charge in [-0.05, 0) is 0 Å². The second-order valence-electron chi connectivity index (χ2n) is 5.47. The first-order valence-electron chi connectivity index (χ1n) is 6.80. The first-order chi connectivity index (χ1) is 10.3. The van der Waals surface area contributed by atoms with E-state index in [0.717, 1.165) is 0 Å². The number of carbonyl (C=O) groups is 1. The molecule has 2 fully saturated rings. The molecule has 1 aliphatic heterocycles. The summed E-state index contributed by atoms with van der Waals surface area (Å²) in [4.78, 5) is 11.3. The van der Waals surface area contributed by atoms with Crippen molar-refractivity contribution in [3.63, 3.8) is 0 Å². The van der Waals surface area contributed by atoms with Crippen LogP contribution in [0.15, 0.2) is 0 Å². The Morgan fingerprint density at radius 2 is 1.64 bits per heavy atom. The second kappa shape index (κ2) is 6.83. The molecule has 1 saturated carbocycles. The van der Waals surface area contributed by atoms with Crippen molar-refractivity contribution in [3.8, 4) is 0 Å². The Morgan fingerprint density at radius 1 is 1.00 bits per heavy atom. The fourth-order valence-electron chi connectivity index (χ4n) is 2.55. The molecule has 10 nitrogen and oxygen atoms in total. The van der Waals surface area contributed by atoms with Crippen LogP contribution in [0.1, 0.15) is 6.42 Å². The van der Waals surface area contributed by atoms with Gasteiger partial charge in [-0.25, -0.2) is 0 Å². The number of Topliss-reactive ketones (excluding diaryl/α,β-unsaturated/α-hetero) is 1. The summed E-state index contributed by atoms with van der Waals surface area (Å²) in [5, 5.41) is 67.2. The van der Waals surface area contributed by atoms with Gasteiger partial charge in [0, 0.05) is 6.42 Å². The molecular formula is C12H20O10. The summed E-state index contributed by atoms with van der Waals surface area (Å²) in [5.74, 6) is -0.756. The quantitative estimate of drug-likeness (QED) is 0.266. The fourth-order valence-corrected chi connectivity index (χ4v) is 2.55. The largest absolute Gasteiger partial charge is 0.394 e. The molecule has 1 unspecified atom stereocenters. The molecule has 1 saturated heterocycles. The van der Waals surface area contributed by atoms with Crippen LogP contribution in [0.5, 0.6) is 0 Å². The normalized spacial score (nSPS) is 50.1. The maximum absolute atomic E-state index is 11.3. The summed E-state index contributed by atoms with van der Waals surface area (Å²) < 4.78 is 10.2. The molecule has 0 aromatic rings. The molecule has 7 N–H and O–H groups in total. The molecule has 0 aromatic heterocycles. The lowest BCUT2D eigenvalue weighted by Crippen LogP contribution is -2.62. The number of ether oxygens (including phenoxy) is 2. The highest BCUT2D eigenvalue weighted by molar-refractivity contribution is 5.85. The summed E-state index contributed by atoms with van der Waals surface area (Å²) in [6.45, 7) is -0.665. The minimum absolute atomic E-state index is 0.458. The van der Waals surface area contributed by atoms with Gasteiger partial charge >= 0.3 is 0 Å². The van der Waals surface area contributed by atoms with Crippen molar-refractivity contribution < 1.29 is 50.0 Å². The third-order valence-electron chi connectivity index (χ3n) is 3.92. The van der Waals surface area contributed by atoms with Crippen molar-refractivity contribution >= 4 is 5.78 Å². The van der Waals surface area contributed by atoms with E-state index in [2.05, 4.69) is 0 Å². The second-order valence-corrected chi connectivity index (χ2v) is 5.47. The predicted molar refractivity (Wildman–Crippen MR) is 66.3 cm³/mol. The van der Waals surface area contributed by atoms with Crippen LogP contribution in [0.4, 0.5) is 0 Å². The van der Waals surface area contributed by atoms with E-state index in [1.807, 2.05) is 0 Å². The summed E-state index contributed by atoms with van der Waals surface area (Å²) in [7, 11) is 0. The SMILES string of the molecule is O=C1C[C@@H](O)[C@H](OC2O[C@H](CO)[C@H](O)[C@H](O)[C@H]2O)[C@@H](O)[C@@H]1O. The molecule has 2 aliphatic rings. The van der Waals surface area contributed by atoms with E-state index in [-0.39, 0.29) is 0 Å². The van der Waals surface area contributed by atoms with Gasteiger partial charge in [-0.15, -0.1) is 0 Å². The number of aliphatic hydroxyl groups excluding tert-OH is 7. The first-order valence-corrected chi connectivity index (χ1v) is 6.80. The molecule has 10 heteroatoms. The van der Waals surface area contributed by atoms with Crippen LogP contribution in [0.25, 0.3) is 0 Å². The van der Waals surface area contributed by atoms with Gasteiger partial charge in [0.1, 0.15) is 42.7 Å². The van der Waals surface area contributed by atoms with Gasteiger partial charge in [0.15, 0.2) is 12.1 Å². The summed E-state index contributed by atoms with van der Waals surface area (Å²) >= 11 is 0. The highest BCUT2D eigenvalue weighted by Gasteiger charge is 2.49. The zero-order valence-corrected chi connectivity index (χ0v) is 11.5. The number of hydrogen-bond donors (Lipinski definition) is 7. The molecule has 0 bridgehead atoms. The van der Waals surface area contributed by atoms with Crippen LogP contribution in [0.3, 0.4) is 0 Å². The highest BCUT2D eigenvalue weighted by Crippen LogP contribution is 2.27. The Bertz CT molecular complexity index is 401. The van der Waals surface area contributed by atoms with Crippen molar-refractivity contribution in [2.24, 2.45) is 0 Å².